The Morgan fingerprint density at radius 1 is 1.19 bits per heavy atom. The van der Waals surface area contributed by atoms with Crippen LogP contribution in [-0.2, 0) is 4.74 Å². The standard InChI is InChI=1S/C18H27NO2/c1-14(19-13-16-9-6-12-20-16)17-10-4-5-11-18(17)21-15-7-2-3-8-15/h4-5,10-11,14-16,19H,2-3,6-9,12-13H2,1H3/t14-,16+/m1/s1. The number of para-hydroxylation sites is 1. The summed E-state index contributed by atoms with van der Waals surface area (Å²) in [5.74, 6) is 1.05. The summed E-state index contributed by atoms with van der Waals surface area (Å²) in [4.78, 5) is 0. The van der Waals surface area contributed by atoms with E-state index in [2.05, 4.69) is 36.5 Å². The zero-order chi connectivity index (χ0) is 14.5. The van der Waals surface area contributed by atoms with Crippen LogP contribution in [0, 0.1) is 0 Å². The molecule has 3 rings (SSSR count). The first-order valence-corrected chi connectivity index (χ1v) is 8.43. The Balaban J connectivity index is 1.59. The van der Waals surface area contributed by atoms with E-state index >= 15 is 0 Å². The maximum Gasteiger partial charge on any atom is 0.124 e. The van der Waals surface area contributed by atoms with Gasteiger partial charge in [0, 0.05) is 24.8 Å². The fraction of sp³-hybridized carbons (Fsp3) is 0.667. The molecule has 3 nitrogen and oxygen atoms in total. The first-order chi connectivity index (χ1) is 10.3. The third kappa shape index (κ3) is 3.98. The van der Waals surface area contributed by atoms with Crippen molar-refractivity contribution in [3.05, 3.63) is 29.8 Å². The van der Waals surface area contributed by atoms with Gasteiger partial charge in [0.15, 0.2) is 0 Å². The van der Waals surface area contributed by atoms with E-state index in [-0.39, 0.29) is 0 Å². The Morgan fingerprint density at radius 3 is 2.76 bits per heavy atom. The molecule has 1 aliphatic heterocycles. The Kier molecular flexibility index (Phi) is 5.15. The Labute approximate surface area is 128 Å². The van der Waals surface area contributed by atoms with Gasteiger partial charge in [-0.3, -0.25) is 0 Å². The highest BCUT2D eigenvalue weighted by Gasteiger charge is 2.20. The molecular weight excluding hydrogens is 262 g/mol. The van der Waals surface area contributed by atoms with Crippen molar-refractivity contribution in [1.82, 2.24) is 5.32 Å². The molecule has 0 radical (unpaired) electrons. The van der Waals surface area contributed by atoms with Gasteiger partial charge in [-0.1, -0.05) is 18.2 Å². The summed E-state index contributed by atoms with van der Waals surface area (Å²) in [6.45, 7) is 4.06. The van der Waals surface area contributed by atoms with Crippen LogP contribution in [0.4, 0.5) is 0 Å². The molecule has 0 amide bonds. The molecule has 0 aromatic heterocycles. The molecule has 0 bridgehead atoms. The lowest BCUT2D eigenvalue weighted by Crippen LogP contribution is -2.29. The lowest BCUT2D eigenvalue weighted by Gasteiger charge is -2.22. The van der Waals surface area contributed by atoms with Gasteiger partial charge >= 0.3 is 0 Å². The lowest BCUT2D eigenvalue weighted by atomic mass is 10.1. The van der Waals surface area contributed by atoms with Gasteiger partial charge in [-0.25, -0.2) is 0 Å². The van der Waals surface area contributed by atoms with Crippen molar-refractivity contribution >= 4 is 0 Å². The van der Waals surface area contributed by atoms with Gasteiger partial charge in [0.25, 0.3) is 0 Å². The highest BCUT2D eigenvalue weighted by Crippen LogP contribution is 2.30. The van der Waals surface area contributed by atoms with Crippen LogP contribution < -0.4 is 10.1 Å². The van der Waals surface area contributed by atoms with Gasteiger partial charge in [-0.05, 0) is 51.5 Å². The van der Waals surface area contributed by atoms with Gasteiger partial charge in [0.05, 0.1) is 12.2 Å². The lowest BCUT2D eigenvalue weighted by molar-refractivity contribution is 0.107. The van der Waals surface area contributed by atoms with E-state index in [4.69, 9.17) is 9.47 Å². The third-order valence-electron chi connectivity index (χ3n) is 4.66. The summed E-state index contributed by atoms with van der Waals surface area (Å²) in [5, 5.41) is 3.60. The van der Waals surface area contributed by atoms with Crippen molar-refractivity contribution in [3.8, 4) is 5.75 Å². The van der Waals surface area contributed by atoms with Crippen molar-refractivity contribution in [1.29, 1.82) is 0 Å². The molecule has 1 saturated carbocycles. The highest BCUT2D eigenvalue weighted by atomic mass is 16.5. The average Bonchev–Trinajstić information content (AvgIpc) is 3.18. The molecule has 1 heterocycles. The fourth-order valence-electron chi connectivity index (χ4n) is 3.35. The number of rotatable bonds is 6. The predicted molar refractivity (Wildman–Crippen MR) is 84.7 cm³/mol. The quantitative estimate of drug-likeness (QED) is 0.863. The molecule has 1 aromatic carbocycles. The van der Waals surface area contributed by atoms with Crippen molar-refractivity contribution < 1.29 is 9.47 Å². The second-order valence-electron chi connectivity index (χ2n) is 6.33. The van der Waals surface area contributed by atoms with E-state index < -0.39 is 0 Å². The van der Waals surface area contributed by atoms with Gasteiger partial charge in [-0.2, -0.15) is 0 Å². The fourth-order valence-corrected chi connectivity index (χ4v) is 3.35. The molecule has 2 fully saturated rings. The summed E-state index contributed by atoms with van der Waals surface area (Å²) >= 11 is 0. The smallest absolute Gasteiger partial charge is 0.124 e. The largest absolute Gasteiger partial charge is 0.490 e. The summed E-state index contributed by atoms with van der Waals surface area (Å²) in [6, 6.07) is 8.75. The summed E-state index contributed by atoms with van der Waals surface area (Å²) < 4.78 is 11.9. The third-order valence-corrected chi connectivity index (χ3v) is 4.66. The maximum absolute atomic E-state index is 6.23. The molecule has 0 spiro atoms. The van der Waals surface area contributed by atoms with E-state index in [1.165, 1.54) is 44.1 Å². The minimum absolute atomic E-state index is 0.298. The zero-order valence-corrected chi connectivity index (χ0v) is 13.0. The van der Waals surface area contributed by atoms with Gasteiger partial charge in [0.2, 0.25) is 0 Å². The average molecular weight is 289 g/mol. The van der Waals surface area contributed by atoms with E-state index in [1.54, 1.807) is 0 Å². The van der Waals surface area contributed by atoms with Gasteiger partial charge < -0.3 is 14.8 Å². The Hall–Kier alpha value is -1.06. The van der Waals surface area contributed by atoms with Crippen molar-refractivity contribution in [2.45, 2.75) is 63.7 Å². The number of hydrogen-bond acceptors (Lipinski definition) is 3. The normalized spacial score (nSPS) is 24.3. The van der Waals surface area contributed by atoms with Crippen LogP contribution in [0.3, 0.4) is 0 Å². The predicted octanol–water partition coefficient (Wildman–Crippen LogP) is 3.84. The van der Waals surface area contributed by atoms with Crippen molar-refractivity contribution in [2.24, 2.45) is 0 Å². The van der Waals surface area contributed by atoms with E-state index in [9.17, 15) is 0 Å². The van der Waals surface area contributed by atoms with E-state index in [0.717, 1.165) is 18.9 Å². The second kappa shape index (κ2) is 7.28. The summed E-state index contributed by atoms with van der Waals surface area (Å²) in [7, 11) is 0. The van der Waals surface area contributed by atoms with Crippen LogP contribution in [0.15, 0.2) is 24.3 Å². The first-order valence-electron chi connectivity index (χ1n) is 8.43. The minimum atomic E-state index is 0.298. The second-order valence-corrected chi connectivity index (χ2v) is 6.33. The number of benzene rings is 1. The Morgan fingerprint density at radius 2 is 2.00 bits per heavy atom. The van der Waals surface area contributed by atoms with Gasteiger partial charge in [0.1, 0.15) is 5.75 Å². The zero-order valence-electron chi connectivity index (χ0n) is 13.0. The molecule has 116 valence electrons. The topological polar surface area (TPSA) is 30.5 Å². The number of ether oxygens (including phenoxy) is 2. The van der Waals surface area contributed by atoms with E-state index in [0.29, 0.717) is 18.2 Å². The van der Waals surface area contributed by atoms with Crippen LogP contribution >= 0.6 is 0 Å². The molecule has 1 N–H and O–H groups in total. The van der Waals surface area contributed by atoms with Gasteiger partial charge in [-0.15, -0.1) is 0 Å². The molecule has 0 unspecified atom stereocenters. The van der Waals surface area contributed by atoms with Crippen molar-refractivity contribution in [3.63, 3.8) is 0 Å². The van der Waals surface area contributed by atoms with Crippen LogP contribution in [0.25, 0.3) is 0 Å². The number of nitrogens with one attached hydrogen (secondary N) is 1. The van der Waals surface area contributed by atoms with Crippen molar-refractivity contribution in [2.75, 3.05) is 13.2 Å². The SMILES string of the molecule is C[C@@H](NC[C@@H]1CCCO1)c1ccccc1OC1CCCC1. The summed E-state index contributed by atoms with van der Waals surface area (Å²) in [6.07, 6.45) is 8.19. The molecule has 1 saturated heterocycles. The number of hydrogen-bond donors (Lipinski definition) is 1. The first kappa shape index (κ1) is 14.9. The highest BCUT2D eigenvalue weighted by molar-refractivity contribution is 5.35. The van der Waals surface area contributed by atoms with Crippen LogP contribution in [0.5, 0.6) is 5.75 Å². The molecular formula is C18H27NO2. The van der Waals surface area contributed by atoms with Crippen LogP contribution in [0.2, 0.25) is 0 Å². The Bertz CT molecular complexity index is 437. The maximum atomic E-state index is 6.23. The molecule has 2 aliphatic rings. The van der Waals surface area contributed by atoms with E-state index in [1.807, 2.05) is 0 Å². The monoisotopic (exact) mass is 289 g/mol. The molecule has 3 heteroatoms. The molecule has 1 aromatic rings. The molecule has 1 aliphatic carbocycles. The van der Waals surface area contributed by atoms with Crippen LogP contribution in [0.1, 0.15) is 57.1 Å². The summed E-state index contributed by atoms with van der Waals surface area (Å²) in [5.41, 5.74) is 1.27. The molecule has 2 atom stereocenters. The minimum Gasteiger partial charge on any atom is -0.490 e. The molecule has 21 heavy (non-hydrogen) atoms. The van der Waals surface area contributed by atoms with Crippen LogP contribution in [-0.4, -0.2) is 25.4 Å².